The Morgan fingerprint density at radius 1 is 1.29 bits per heavy atom. The molecule has 0 fully saturated rings. The van der Waals surface area contributed by atoms with Gasteiger partial charge >= 0.3 is 0 Å². The van der Waals surface area contributed by atoms with Gasteiger partial charge in [0.15, 0.2) is 0 Å². The minimum Gasteiger partial charge on any atom is -0.467 e. The van der Waals surface area contributed by atoms with E-state index in [-0.39, 0.29) is 18.5 Å². The Hall–Kier alpha value is -2.11. The zero-order chi connectivity index (χ0) is 17.5. The fourth-order valence-corrected chi connectivity index (χ4v) is 2.54. The van der Waals surface area contributed by atoms with Gasteiger partial charge in [0.2, 0.25) is 5.91 Å². The molecule has 1 aromatic carbocycles. The van der Waals surface area contributed by atoms with E-state index in [1.807, 2.05) is 56.0 Å². The van der Waals surface area contributed by atoms with E-state index in [1.54, 1.807) is 12.3 Å². The molecule has 0 aliphatic heterocycles. The molecular formula is C19H26N2O3. The Morgan fingerprint density at radius 3 is 2.58 bits per heavy atom. The van der Waals surface area contributed by atoms with Gasteiger partial charge in [-0.05, 0) is 38.1 Å². The Kier molecular flexibility index (Phi) is 6.58. The van der Waals surface area contributed by atoms with Crippen molar-refractivity contribution in [2.45, 2.75) is 32.9 Å². The van der Waals surface area contributed by atoms with Gasteiger partial charge in [0, 0.05) is 6.54 Å². The van der Waals surface area contributed by atoms with Crippen LogP contribution in [0.2, 0.25) is 0 Å². The number of benzene rings is 1. The number of amides is 1. The average molecular weight is 330 g/mol. The van der Waals surface area contributed by atoms with Crippen molar-refractivity contribution >= 4 is 5.91 Å². The van der Waals surface area contributed by atoms with Crippen molar-refractivity contribution < 1.29 is 14.3 Å². The van der Waals surface area contributed by atoms with Crippen molar-refractivity contribution in [2.75, 3.05) is 19.6 Å². The van der Waals surface area contributed by atoms with Gasteiger partial charge in [0.25, 0.3) is 0 Å². The first-order valence-electron chi connectivity index (χ1n) is 8.29. The molecule has 0 bridgehead atoms. The van der Waals surface area contributed by atoms with Gasteiger partial charge < -0.3 is 14.8 Å². The summed E-state index contributed by atoms with van der Waals surface area (Å²) in [7, 11) is 0. The topological polar surface area (TPSA) is 65.7 Å². The predicted octanol–water partition coefficient (Wildman–Crippen LogP) is 2.82. The Labute approximate surface area is 143 Å². The molecule has 2 unspecified atom stereocenters. The summed E-state index contributed by atoms with van der Waals surface area (Å²) in [5.41, 5.74) is 2.02. The molecule has 0 spiro atoms. The monoisotopic (exact) mass is 330 g/mol. The SMILES string of the molecule is CCN(CC(=O)NC(C)c1ccco1)CC(O)c1ccc(C)cc1. The Balaban J connectivity index is 1.86. The largest absolute Gasteiger partial charge is 0.467 e. The summed E-state index contributed by atoms with van der Waals surface area (Å²) >= 11 is 0. The molecular weight excluding hydrogens is 304 g/mol. The number of carbonyl (C=O) groups is 1. The van der Waals surface area contributed by atoms with Crippen LogP contribution in [0.5, 0.6) is 0 Å². The third-order valence-corrected chi connectivity index (χ3v) is 4.06. The van der Waals surface area contributed by atoms with Crippen molar-refractivity contribution in [1.29, 1.82) is 0 Å². The van der Waals surface area contributed by atoms with Crippen LogP contribution >= 0.6 is 0 Å². The molecule has 5 heteroatoms. The summed E-state index contributed by atoms with van der Waals surface area (Å²) < 4.78 is 5.29. The van der Waals surface area contributed by atoms with Gasteiger partial charge in [-0.25, -0.2) is 0 Å². The third kappa shape index (κ3) is 5.22. The molecule has 1 heterocycles. The fraction of sp³-hybridized carbons (Fsp3) is 0.421. The number of aliphatic hydroxyl groups is 1. The lowest BCUT2D eigenvalue weighted by Gasteiger charge is -2.24. The highest BCUT2D eigenvalue weighted by molar-refractivity contribution is 5.78. The van der Waals surface area contributed by atoms with E-state index in [0.29, 0.717) is 13.1 Å². The van der Waals surface area contributed by atoms with Crippen LogP contribution in [0, 0.1) is 6.92 Å². The molecule has 1 amide bonds. The molecule has 2 aromatic rings. The summed E-state index contributed by atoms with van der Waals surface area (Å²) in [6.45, 7) is 7.22. The lowest BCUT2D eigenvalue weighted by atomic mass is 10.1. The molecule has 2 rings (SSSR count). The number of likely N-dealkylation sites (N-methyl/N-ethyl adjacent to an activating group) is 1. The molecule has 130 valence electrons. The second kappa shape index (κ2) is 8.66. The zero-order valence-electron chi connectivity index (χ0n) is 14.5. The van der Waals surface area contributed by atoms with Gasteiger partial charge in [0.1, 0.15) is 5.76 Å². The first-order chi connectivity index (χ1) is 11.5. The molecule has 0 saturated heterocycles. The number of rotatable bonds is 8. The predicted molar refractivity (Wildman–Crippen MR) is 93.5 cm³/mol. The van der Waals surface area contributed by atoms with Gasteiger partial charge in [-0.3, -0.25) is 9.69 Å². The summed E-state index contributed by atoms with van der Waals surface area (Å²) in [6, 6.07) is 11.3. The van der Waals surface area contributed by atoms with Crippen LogP contribution in [-0.2, 0) is 4.79 Å². The number of aliphatic hydroxyl groups excluding tert-OH is 1. The molecule has 1 aromatic heterocycles. The maximum Gasteiger partial charge on any atom is 0.234 e. The minimum absolute atomic E-state index is 0.0862. The molecule has 0 aliphatic rings. The molecule has 0 aliphatic carbocycles. The highest BCUT2D eigenvalue weighted by Gasteiger charge is 2.17. The van der Waals surface area contributed by atoms with Crippen LogP contribution < -0.4 is 5.32 Å². The van der Waals surface area contributed by atoms with E-state index in [9.17, 15) is 9.90 Å². The summed E-state index contributed by atoms with van der Waals surface area (Å²) in [6.07, 6.45) is 0.981. The van der Waals surface area contributed by atoms with Crippen LogP contribution in [0.3, 0.4) is 0 Å². The molecule has 0 radical (unpaired) electrons. The molecule has 0 saturated carbocycles. The van der Waals surface area contributed by atoms with Crippen molar-refractivity contribution in [3.8, 4) is 0 Å². The highest BCUT2D eigenvalue weighted by atomic mass is 16.3. The summed E-state index contributed by atoms with van der Waals surface area (Å²) in [5, 5.41) is 13.3. The molecule has 2 atom stereocenters. The number of nitrogens with one attached hydrogen (secondary N) is 1. The van der Waals surface area contributed by atoms with Crippen molar-refractivity contribution in [2.24, 2.45) is 0 Å². The second-order valence-corrected chi connectivity index (χ2v) is 6.06. The quantitative estimate of drug-likeness (QED) is 0.781. The van der Waals surface area contributed by atoms with E-state index in [1.165, 1.54) is 0 Å². The first kappa shape index (κ1) is 18.2. The van der Waals surface area contributed by atoms with E-state index in [2.05, 4.69) is 5.32 Å². The van der Waals surface area contributed by atoms with Crippen LogP contribution in [0.15, 0.2) is 47.1 Å². The van der Waals surface area contributed by atoms with E-state index in [4.69, 9.17) is 4.42 Å². The highest BCUT2D eigenvalue weighted by Crippen LogP contribution is 2.15. The van der Waals surface area contributed by atoms with Crippen LogP contribution in [-0.4, -0.2) is 35.5 Å². The van der Waals surface area contributed by atoms with Crippen LogP contribution in [0.4, 0.5) is 0 Å². The van der Waals surface area contributed by atoms with Crippen molar-refractivity contribution in [3.63, 3.8) is 0 Å². The lowest BCUT2D eigenvalue weighted by Crippen LogP contribution is -2.39. The smallest absolute Gasteiger partial charge is 0.234 e. The van der Waals surface area contributed by atoms with Crippen LogP contribution in [0.25, 0.3) is 0 Å². The maximum atomic E-state index is 12.2. The standard InChI is InChI=1S/C19H26N2O3/c1-4-21(12-17(22)16-9-7-14(2)8-10-16)13-19(23)20-15(3)18-6-5-11-24-18/h5-11,15,17,22H,4,12-13H2,1-3H3,(H,20,23). The second-order valence-electron chi connectivity index (χ2n) is 6.06. The van der Waals surface area contributed by atoms with Crippen molar-refractivity contribution in [3.05, 3.63) is 59.5 Å². The number of nitrogens with zero attached hydrogens (tertiary/aromatic N) is 1. The lowest BCUT2D eigenvalue weighted by molar-refractivity contribution is -0.123. The molecule has 24 heavy (non-hydrogen) atoms. The van der Waals surface area contributed by atoms with Crippen LogP contribution in [0.1, 0.15) is 42.9 Å². The first-order valence-corrected chi connectivity index (χ1v) is 8.29. The fourth-order valence-electron chi connectivity index (χ4n) is 2.54. The molecule has 2 N–H and O–H groups in total. The average Bonchev–Trinajstić information content (AvgIpc) is 3.09. The summed E-state index contributed by atoms with van der Waals surface area (Å²) in [4.78, 5) is 14.1. The van der Waals surface area contributed by atoms with E-state index in [0.717, 1.165) is 16.9 Å². The number of hydrogen-bond donors (Lipinski definition) is 2. The van der Waals surface area contributed by atoms with E-state index < -0.39 is 6.10 Å². The number of aryl methyl sites for hydroxylation is 1. The number of carbonyl (C=O) groups excluding carboxylic acids is 1. The zero-order valence-corrected chi connectivity index (χ0v) is 14.5. The maximum absolute atomic E-state index is 12.2. The normalized spacial score (nSPS) is 13.7. The Morgan fingerprint density at radius 2 is 2.00 bits per heavy atom. The van der Waals surface area contributed by atoms with E-state index >= 15 is 0 Å². The number of hydrogen-bond acceptors (Lipinski definition) is 4. The van der Waals surface area contributed by atoms with Crippen molar-refractivity contribution in [1.82, 2.24) is 10.2 Å². The minimum atomic E-state index is -0.610. The van der Waals surface area contributed by atoms with Gasteiger partial charge in [-0.15, -0.1) is 0 Å². The van der Waals surface area contributed by atoms with Gasteiger partial charge in [0.05, 0.1) is 25.0 Å². The Bertz CT molecular complexity index is 623. The molecule has 5 nitrogen and oxygen atoms in total. The summed E-state index contributed by atoms with van der Waals surface area (Å²) in [5.74, 6) is 0.642. The number of furan rings is 1. The van der Waals surface area contributed by atoms with Gasteiger partial charge in [-0.2, -0.15) is 0 Å². The third-order valence-electron chi connectivity index (χ3n) is 4.06. The van der Waals surface area contributed by atoms with Gasteiger partial charge in [-0.1, -0.05) is 36.8 Å².